The maximum Gasteiger partial charge on any atom is 0.152 e. The van der Waals surface area contributed by atoms with Gasteiger partial charge in [-0.3, -0.25) is 0 Å². The molecule has 0 amide bonds. The molecule has 1 saturated heterocycles. The van der Waals surface area contributed by atoms with Crippen molar-refractivity contribution in [1.29, 1.82) is 0 Å². The highest BCUT2D eigenvalue weighted by atomic mass is 32.2. The molecule has 1 unspecified atom stereocenters. The number of hydrogen-bond acceptors (Lipinski definition) is 3. The van der Waals surface area contributed by atoms with Crippen molar-refractivity contribution >= 4 is 9.84 Å². The first kappa shape index (κ1) is 14.5. The summed E-state index contributed by atoms with van der Waals surface area (Å²) in [5, 5.41) is 0. The van der Waals surface area contributed by atoms with Crippen LogP contribution in [0.2, 0.25) is 0 Å². The lowest BCUT2D eigenvalue weighted by Gasteiger charge is -2.23. The molecule has 1 atom stereocenters. The van der Waals surface area contributed by atoms with Gasteiger partial charge < -0.3 is 5.73 Å². The van der Waals surface area contributed by atoms with Gasteiger partial charge >= 0.3 is 0 Å². The van der Waals surface area contributed by atoms with E-state index in [2.05, 4.69) is 45.0 Å². The minimum Gasteiger partial charge on any atom is -0.324 e. The van der Waals surface area contributed by atoms with Gasteiger partial charge in [-0.2, -0.15) is 0 Å². The molecule has 1 fully saturated rings. The summed E-state index contributed by atoms with van der Waals surface area (Å²) in [5.41, 5.74) is 8.16. The Balaban J connectivity index is 2.13. The predicted molar refractivity (Wildman–Crippen MR) is 79.0 cm³/mol. The standard InChI is InChI=1S/C15H23NO2S/c1-14(2,3)13-6-4-12(5-7-13)10-15(16)8-9-19(17,18)11-15/h4-7H,8-11,16H2,1-3H3. The van der Waals surface area contributed by atoms with Crippen LogP contribution in [-0.4, -0.2) is 25.5 Å². The first-order chi connectivity index (χ1) is 8.60. The van der Waals surface area contributed by atoms with Crippen LogP contribution < -0.4 is 5.73 Å². The van der Waals surface area contributed by atoms with Crippen LogP contribution in [0.3, 0.4) is 0 Å². The van der Waals surface area contributed by atoms with Gasteiger partial charge in [-0.15, -0.1) is 0 Å². The molecule has 0 bridgehead atoms. The van der Waals surface area contributed by atoms with E-state index in [1.54, 1.807) is 0 Å². The van der Waals surface area contributed by atoms with Crippen LogP contribution in [0.1, 0.15) is 38.3 Å². The van der Waals surface area contributed by atoms with Crippen molar-refractivity contribution in [1.82, 2.24) is 0 Å². The van der Waals surface area contributed by atoms with Gasteiger partial charge in [0.05, 0.1) is 11.5 Å². The molecule has 0 aromatic heterocycles. The van der Waals surface area contributed by atoms with Crippen LogP contribution >= 0.6 is 0 Å². The summed E-state index contributed by atoms with van der Waals surface area (Å²) in [5.74, 6) is 0.338. The monoisotopic (exact) mass is 281 g/mol. The first-order valence-electron chi connectivity index (χ1n) is 6.68. The van der Waals surface area contributed by atoms with Crippen molar-refractivity contribution in [3.05, 3.63) is 35.4 Å². The predicted octanol–water partition coefficient (Wildman–Crippen LogP) is 2.04. The lowest BCUT2D eigenvalue weighted by Crippen LogP contribution is -2.43. The Morgan fingerprint density at radius 2 is 1.79 bits per heavy atom. The van der Waals surface area contributed by atoms with Gasteiger partial charge in [0.25, 0.3) is 0 Å². The molecule has 3 nitrogen and oxygen atoms in total. The molecule has 0 spiro atoms. The summed E-state index contributed by atoms with van der Waals surface area (Å²) in [6.07, 6.45) is 1.20. The SMILES string of the molecule is CC(C)(C)c1ccc(CC2(N)CCS(=O)(=O)C2)cc1. The maximum atomic E-state index is 11.5. The van der Waals surface area contributed by atoms with Crippen molar-refractivity contribution in [2.24, 2.45) is 5.73 Å². The van der Waals surface area contributed by atoms with Crippen LogP contribution in [0.5, 0.6) is 0 Å². The largest absolute Gasteiger partial charge is 0.324 e. The molecule has 0 radical (unpaired) electrons. The third-order valence-corrected chi connectivity index (χ3v) is 5.64. The average Bonchev–Trinajstić information content (AvgIpc) is 2.52. The zero-order valence-electron chi connectivity index (χ0n) is 11.9. The van der Waals surface area contributed by atoms with Gasteiger partial charge in [0.1, 0.15) is 0 Å². The minimum atomic E-state index is -2.93. The Bertz CT molecular complexity index is 555. The molecule has 4 heteroatoms. The molecule has 2 rings (SSSR count). The summed E-state index contributed by atoms with van der Waals surface area (Å²) in [4.78, 5) is 0. The van der Waals surface area contributed by atoms with E-state index in [1.165, 1.54) is 5.56 Å². The third-order valence-electron chi connectivity index (χ3n) is 3.79. The number of benzene rings is 1. The molecular weight excluding hydrogens is 258 g/mol. The van der Waals surface area contributed by atoms with Crippen molar-refractivity contribution in [2.75, 3.05) is 11.5 Å². The highest BCUT2D eigenvalue weighted by Gasteiger charge is 2.38. The molecular formula is C15H23NO2S. The third kappa shape index (κ3) is 3.57. The molecule has 0 saturated carbocycles. The fourth-order valence-electron chi connectivity index (χ4n) is 2.61. The molecule has 1 aromatic rings. The second-order valence-corrected chi connectivity index (χ2v) is 9.01. The lowest BCUT2D eigenvalue weighted by molar-refractivity contribution is 0.476. The van der Waals surface area contributed by atoms with Gasteiger partial charge in [0, 0.05) is 5.54 Å². The number of rotatable bonds is 2. The Kier molecular flexibility index (Phi) is 3.52. The molecule has 0 aliphatic carbocycles. The zero-order chi connectivity index (χ0) is 14.3. The number of hydrogen-bond donors (Lipinski definition) is 1. The molecule has 1 aromatic carbocycles. The molecule has 1 aliphatic heterocycles. The second kappa shape index (κ2) is 4.60. The number of sulfone groups is 1. The van der Waals surface area contributed by atoms with Gasteiger partial charge in [-0.25, -0.2) is 8.42 Å². The molecule has 2 N–H and O–H groups in total. The molecule has 106 valence electrons. The fourth-order valence-corrected chi connectivity index (χ4v) is 4.59. The summed E-state index contributed by atoms with van der Waals surface area (Å²) < 4.78 is 23.1. The minimum absolute atomic E-state index is 0.112. The Labute approximate surface area is 116 Å². The van der Waals surface area contributed by atoms with Crippen molar-refractivity contribution < 1.29 is 8.42 Å². The van der Waals surface area contributed by atoms with E-state index in [0.29, 0.717) is 12.8 Å². The molecule has 1 heterocycles. The lowest BCUT2D eigenvalue weighted by atomic mass is 9.85. The van der Waals surface area contributed by atoms with Crippen molar-refractivity contribution in [3.63, 3.8) is 0 Å². The van der Waals surface area contributed by atoms with E-state index in [4.69, 9.17) is 5.73 Å². The van der Waals surface area contributed by atoms with E-state index in [-0.39, 0.29) is 16.9 Å². The van der Waals surface area contributed by atoms with Gasteiger partial charge in [-0.1, -0.05) is 45.0 Å². The normalized spacial score (nSPS) is 26.5. The summed E-state index contributed by atoms with van der Waals surface area (Å²) in [6.45, 7) is 6.53. The Hall–Kier alpha value is -0.870. The smallest absolute Gasteiger partial charge is 0.152 e. The van der Waals surface area contributed by atoms with Crippen molar-refractivity contribution in [2.45, 2.75) is 44.6 Å². The van der Waals surface area contributed by atoms with Gasteiger partial charge in [0.2, 0.25) is 0 Å². The van der Waals surface area contributed by atoms with Gasteiger partial charge in [0.15, 0.2) is 9.84 Å². The quantitative estimate of drug-likeness (QED) is 0.902. The number of nitrogens with two attached hydrogens (primary N) is 1. The second-order valence-electron chi connectivity index (χ2n) is 6.83. The summed E-state index contributed by atoms with van der Waals surface area (Å²) in [7, 11) is -2.93. The van der Waals surface area contributed by atoms with Crippen LogP contribution in [0.15, 0.2) is 24.3 Å². The van der Waals surface area contributed by atoms with E-state index in [1.807, 2.05) is 0 Å². The van der Waals surface area contributed by atoms with E-state index >= 15 is 0 Å². The van der Waals surface area contributed by atoms with Crippen LogP contribution in [0.4, 0.5) is 0 Å². The first-order valence-corrected chi connectivity index (χ1v) is 8.51. The van der Waals surface area contributed by atoms with Crippen LogP contribution in [-0.2, 0) is 21.7 Å². The maximum absolute atomic E-state index is 11.5. The zero-order valence-corrected chi connectivity index (χ0v) is 12.8. The summed E-state index contributed by atoms with van der Waals surface area (Å²) >= 11 is 0. The van der Waals surface area contributed by atoms with E-state index < -0.39 is 15.4 Å². The fraction of sp³-hybridized carbons (Fsp3) is 0.600. The van der Waals surface area contributed by atoms with Crippen LogP contribution in [0.25, 0.3) is 0 Å². The van der Waals surface area contributed by atoms with E-state index in [9.17, 15) is 8.42 Å². The highest BCUT2D eigenvalue weighted by molar-refractivity contribution is 7.91. The van der Waals surface area contributed by atoms with Crippen LogP contribution in [0, 0.1) is 0 Å². The Morgan fingerprint density at radius 3 is 2.21 bits per heavy atom. The molecule has 1 aliphatic rings. The average molecular weight is 281 g/mol. The molecule has 19 heavy (non-hydrogen) atoms. The van der Waals surface area contributed by atoms with E-state index in [0.717, 1.165) is 5.56 Å². The van der Waals surface area contributed by atoms with Gasteiger partial charge in [-0.05, 0) is 29.4 Å². The summed E-state index contributed by atoms with van der Waals surface area (Å²) in [6, 6.07) is 8.37. The van der Waals surface area contributed by atoms with Crippen molar-refractivity contribution in [3.8, 4) is 0 Å². The topological polar surface area (TPSA) is 60.2 Å². The highest BCUT2D eigenvalue weighted by Crippen LogP contribution is 2.27. The Morgan fingerprint density at radius 1 is 1.21 bits per heavy atom.